The number of carbonyl (C=O) groups excluding carboxylic acids is 1. The van der Waals surface area contributed by atoms with E-state index in [1.165, 1.54) is 5.56 Å². The van der Waals surface area contributed by atoms with Crippen LogP contribution in [-0.2, 0) is 6.54 Å². The number of Topliss-reactive ketones (excluding diaryl/α,β-unsaturated/α-hetero) is 1. The van der Waals surface area contributed by atoms with Gasteiger partial charge in [0.2, 0.25) is 0 Å². The Hall–Kier alpha value is -2.64. The lowest BCUT2D eigenvalue weighted by molar-refractivity contribution is 0.0675. The summed E-state index contributed by atoms with van der Waals surface area (Å²) >= 11 is 0. The molecule has 4 heteroatoms. The van der Waals surface area contributed by atoms with Crippen LogP contribution in [0.25, 0.3) is 0 Å². The van der Waals surface area contributed by atoms with E-state index in [0.29, 0.717) is 29.0 Å². The van der Waals surface area contributed by atoms with Crippen LogP contribution in [0.2, 0.25) is 0 Å². The van der Waals surface area contributed by atoms with Crippen molar-refractivity contribution in [3.05, 3.63) is 65.2 Å². The lowest BCUT2D eigenvalue weighted by Crippen LogP contribution is -2.44. The van der Waals surface area contributed by atoms with E-state index >= 15 is 0 Å². The molecule has 0 N–H and O–H groups in total. The summed E-state index contributed by atoms with van der Waals surface area (Å²) in [6, 6.07) is 18.7. The maximum atomic E-state index is 13.2. The highest BCUT2D eigenvalue weighted by Gasteiger charge is 2.43. The first kappa shape index (κ1) is 17.8. The normalized spacial score (nSPS) is 24.4. The maximum Gasteiger partial charge on any atom is 0.169 e. The van der Waals surface area contributed by atoms with Crippen LogP contribution >= 0.6 is 0 Å². The summed E-state index contributed by atoms with van der Waals surface area (Å²) < 4.78 is 5.39. The van der Waals surface area contributed by atoms with Gasteiger partial charge in [0.05, 0.1) is 24.3 Å². The molecule has 0 aromatic heterocycles. The molecule has 27 heavy (non-hydrogen) atoms. The van der Waals surface area contributed by atoms with Gasteiger partial charge in [-0.25, -0.2) is 0 Å². The van der Waals surface area contributed by atoms with Crippen molar-refractivity contribution in [1.82, 2.24) is 4.90 Å². The summed E-state index contributed by atoms with van der Waals surface area (Å²) in [5.41, 5.74) is 2.39. The van der Waals surface area contributed by atoms with Gasteiger partial charge in [-0.3, -0.25) is 9.69 Å². The van der Waals surface area contributed by atoms with E-state index < -0.39 is 0 Å². The van der Waals surface area contributed by atoms with Gasteiger partial charge < -0.3 is 4.74 Å². The van der Waals surface area contributed by atoms with Crippen molar-refractivity contribution in [3.63, 3.8) is 0 Å². The van der Waals surface area contributed by atoms with Crippen LogP contribution in [0, 0.1) is 17.2 Å². The van der Waals surface area contributed by atoms with Crippen LogP contribution in [-0.4, -0.2) is 29.9 Å². The Kier molecular flexibility index (Phi) is 4.96. The number of nitrogens with zero attached hydrogens (tertiary/aromatic N) is 2. The molecule has 2 aliphatic heterocycles. The van der Waals surface area contributed by atoms with E-state index in [1.54, 1.807) is 25.3 Å². The van der Waals surface area contributed by atoms with Crippen LogP contribution in [0.5, 0.6) is 5.75 Å². The summed E-state index contributed by atoms with van der Waals surface area (Å²) in [6.45, 7) is 0.963. The zero-order chi connectivity index (χ0) is 18.8. The average molecular weight is 360 g/mol. The quantitative estimate of drug-likeness (QED) is 0.750. The van der Waals surface area contributed by atoms with Crippen LogP contribution < -0.4 is 4.74 Å². The van der Waals surface area contributed by atoms with Crippen LogP contribution in [0.3, 0.4) is 0 Å². The molecule has 2 aromatic rings. The monoisotopic (exact) mass is 360 g/mol. The Balaban J connectivity index is 1.52. The second kappa shape index (κ2) is 7.54. The van der Waals surface area contributed by atoms with Crippen molar-refractivity contribution in [3.8, 4) is 11.8 Å². The van der Waals surface area contributed by atoms with Gasteiger partial charge in [-0.1, -0.05) is 30.3 Å². The number of piperidine rings is 1. The minimum Gasteiger partial charge on any atom is -0.496 e. The molecule has 0 saturated carbocycles. The molecular formula is C23H24N2O2. The number of fused-ring (bicyclic) bond motifs is 2. The number of ether oxygens (including phenoxy) is 1. The van der Waals surface area contributed by atoms with Crippen molar-refractivity contribution in [2.75, 3.05) is 7.11 Å². The third kappa shape index (κ3) is 3.48. The van der Waals surface area contributed by atoms with Gasteiger partial charge >= 0.3 is 0 Å². The Labute approximate surface area is 160 Å². The van der Waals surface area contributed by atoms with E-state index in [0.717, 1.165) is 32.2 Å². The molecule has 0 aliphatic carbocycles. The molecule has 0 radical (unpaired) electrons. The van der Waals surface area contributed by atoms with Gasteiger partial charge in [-0.2, -0.15) is 5.26 Å². The highest BCUT2D eigenvalue weighted by molar-refractivity contribution is 6.00. The highest BCUT2D eigenvalue weighted by atomic mass is 16.5. The first-order valence-corrected chi connectivity index (χ1v) is 9.61. The molecule has 2 aliphatic rings. The molecule has 2 heterocycles. The largest absolute Gasteiger partial charge is 0.496 e. The van der Waals surface area contributed by atoms with E-state index in [9.17, 15) is 10.1 Å². The first-order valence-electron chi connectivity index (χ1n) is 9.61. The third-order valence-electron chi connectivity index (χ3n) is 6.06. The summed E-state index contributed by atoms with van der Waals surface area (Å²) in [5.74, 6) is 0.704. The number of hydrogen-bond acceptors (Lipinski definition) is 4. The molecule has 4 nitrogen and oxygen atoms in total. The number of hydrogen-bond donors (Lipinski definition) is 0. The van der Waals surface area contributed by atoms with Crippen molar-refractivity contribution in [1.29, 1.82) is 5.26 Å². The Morgan fingerprint density at radius 1 is 1.15 bits per heavy atom. The zero-order valence-electron chi connectivity index (χ0n) is 15.6. The van der Waals surface area contributed by atoms with Gasteiger partial charge in [0.25, 0.3) is 0 Å². The maximum absolute atomic E-state index is 13.2. The van der Waals surface area contributed by atoms with Crippen molar-refractivity contribution in [2.45, 2.75) is 44.3 Å². The number of methoxy groups -OCH3 is 1. The summed E-state index contributed by atoms with van der Waals surface area (Å²) in [5, 5.41) is 9.18. The number of ketones is 1. The van der Waals surface area contributed by atoms with E-state index in [2.05, 4.69) is 35.2 Å². The lowest BCUT2D eigenvalue weighted by atomic mass is 9.84. The van der Waals surface area contributed by atoms with Crippen molar-refractivity contribution < 1.29 is 9.53 Å². The lowest BCUT2D eigenvalue weighted by Gasteiger charge is -2.38. The molecule has 2 bridgehead atoms. The van der Waals surface area contributed by atoms with Gasteiger partial charge in [0.15, 0.2) is 5.78 Å². The third-order valence-corrected chi connectivity index (χ3v) is 6.06. The van der Waals surface area contributed by atoms with E-state index in [4.69, 9.17) is 4.74 Å². The molecule has 138 valence electrons. The molecular weight excluding hydrogens is 336 g/mol. The summed E-state index contributed by atoms with van der Waals surface area (Å²) in [4.78, 5) is 15.8. The first-order chi connectivity index (χ1) is 13.2. The van der Waals surface area contributed by atoms with Crippen molar-refractivity contribution >= 4 is 5.78 Å². The predicted molar refractivity (Wildman–Crippen MR) is 104 cm³/mol. The molecule has 2 saturated heterocycles. The van der Waals surface area contributed by atoms with E-state index in [1.807, 2.05) is 6.07 Å². The molecule has 2 fully saturated rings. The second-order valence-corrected chi connectivity index (χ2v) is 7.60. The topological polar surface area (TPSA) is 53.3 Å². The number of carbonyl (C=O) groups is 1. The van der Waals surface area contributed by atoms with Gasteiger partial charge in [0, 0.05) is 24.5 Å². The number of rotatable bonds is 5. The molecule has 2 unspecified atom stereocenters. The number of benzene rings is 2. The van der Waals surface area contributed by atoms with E-state index in [-0.39, 0.29) is 11.7 Å². The molecule has 2 aromatic carbocycles. The Morgan fingerprint density at radius 3 is 2.48 bits per heavy atom. The predicted octanol–water partition coefficient (Wildman–Crippen LogP) is 4.19. The standard InChI is InChI=1S/C23H24N2O2/c1-27-22-10-7-17(14-24)11-21(22)23(26)18-12-19-8-9-20(13-18)25(19)15-16-5-3-2-4-6-16/h2-7,10-11,18-20H,8-9,12-13,15H2,1H3. The highest BCUT2D eigenvalue weighted by Crippen LogP contribution is 2.41. The number of nitriles is 1. The molecule has 4 rings (SSSR count). The van der Waals surface area contributed by atoms with Crippen molar-refractivity contribution in [2.24, 2.45) is 5.92 Å². The summed E-state index contributed by atoms with van der Waals surface area (Å²) in [7, 11) is 1.57. The van der Waals surface area contributed by atoms with Gasteiger partial charge in [-0.15, -0.1) is 0 Å². The van der Waals surface area contributed by atoms with Crippen LogP contribution in [0.15, 0.2) is 48.5 Å². The summed E-state index contributed by atoms with van der Waals surface area (Å²) in [6.07, 6.45) is 4.11. The fraction of sp³-hybridized carbons (Fsp3) is 0.391. The van der Waals surface area contributed by atoms with Gasteiger partial charge in [-0.05, 0) is 49.4 Å². The van der Waals surface area contributed by atoms with Crippen LogP contribution in [0.1, 0.15) is 47.2 Å². The molecule has 2 atom stereocenters. The second-order valence-electron chi connectivity index (χ2n) is 7.60. The average Bonchev–Trinajstić information content (AvgIpc) is 2.94. The fourth-order valence-electron chi connectivity index (χ4n) is 4.73. The van der Waals surface area contributed by atoms with Gasteiger partial charge in [0.1, 0.15) is 5.75 Å². The SMILES string of the molecule is COc1ccc(C#N)cc1C(=O)C1CC2CCC(C1)N2Cc1ccccc1. The molecule has 0 spiro atoms. The minimum atomic E-state index is 0.0115. The van der Waals surface area contributed by atoms with Crippen LogP contribution in [0.4, 0.5) is 0 Å². The Morgan fingerprint density at radius 2 is 1.85 bits per heavy atom. The molecule has 0 amide bonds. The smallest absolute Gasteiger partial charge is 0.169 e. The fourth-order valence-corrected chi connectivity index (χ4v) is 4.73. The Bertz CT molecular complexity index is 858. The zero-order valence-corrected chi connectivity index (χ0v) is 15.6. The minimum absolute atomic E-state index is 0.0115.